The van der Waals surface area contributed by atoms with Gasteiger partial charge in [-0.05, 0) is 30.4 Å². The van der Waals surface area contributed by atoms with Gasteiger partial charge in [-0.1, -0.05) is 31.0 Å². The SMILES string of the molecule is Cn1cnnc1CN[C@H]1CCCC[C@H]1c1ccccc1C(F)(F)F. The largest absolute Gasteiger partial charge is 0.416 e. The highest BCUT2D eigenvalue weighted by atomic mass is 19.4. The van der Waals surface area contributed by atoms with E-state index in [0.717, 1.165) is 31.5 Å². The van der Waals surface area contributed by atoms with Gasteiger partial charge in [-0.25, -0.2) is 0 Å². The molecule has 2 aromatic rings. The van der Waals surface area contributed by atoms with E-state index < -0.39 is 11.7 Å². The van der Waals surface area contributed by atoms with Gasteiger partial charge in [0.05, 0.1) is 12.1 Å². The molecule has 1 heterocycles. The number of alkyl halides is 3. The predicted octanol–water partition coefficient (Wildman–Crippen LogP) is 3.65. The second-order valence-electron chi connectivity index (χ2n) is 6.32. The van der Waals surface area contributed by atoms with Crippen LogP contribution in [0.4, 0.5) is 13.2 Å². The van der Waals surface area contributed by atoms with Gasteiger partial charge in [-0.3, -0.25) is 0 Å². The molecule has 24 heavy (non-hydrogen) atoms. The highest BCUT2D eigenvalue weighted by molar-refractivity contribution is 5.34. The van der Waals surface area contributed by atoms with Crippen LogP contribution in [0.1, 0.15) is 48.6 Å². The molecular weight excluding hydrogens is 317 g/mol. The molecule has 0 unspecified atom stereocenters. The van der Waals surface area contributed by atoms with E-state index in [1.165, 1.54) is 12.1 Å². The van der Waals surface area contributed by atoms with Crippen molar-refractivity contribution in [2.45, 2.75) is 50.4 Å². The maximum Gasteiger partial charge on any atom is 0.416 e. The van der Waals surface area contributed by atoms with Gasteiger partial charge in [0, 0.05) is 13.1 Å². The molecule has 130 valence electrons. The Morgan fingerprint density at radius 3 is 2.67 bits per heavy atom. The maximum absolute atomic E-state index is 13.4. The van der Waals surface area contributed by atoms with Gasteiger partial charge >= 0.3 is 6.18 Å². The van der Waals surface area contributed by atoms with Gasteiger partial charge in [0.15, 0.2) is 0 Å². The van der Waals surface area contributed by atoms with E-state index in [-0.39, 0.29) is 12.0 Å². The van der Waals surface area contributed by atoms with Crippen LogP contribution >= 0.6 is 0 Å². The van der Waals surface area contributed by atoms with Crippen molar-refractivity contribution in [2.24, 2.45) is 7.05 Å². The Labute approximate surface area is 139 Å². The zero-order valence-corrected chi connectivity index (χ0v) is 13.6. The fraction of sp³-hybridized carbons (Fsp3) is 0.529. The van der Waals surface area contributed by atoms with Crippen molar-refractivity contribution in [3.05, 3.63) is 47.5 Å². The second kappa shape index (κ2) is 6.93. The molecule has 1 saturated carbocycles. The van der Waals surface area contributed by atoms with Crippen molar-refractivity contribution < 1.29 is 13.2 Å². The fourth-order valence-electron chi connectivity index (χ4n) is 3.52. The third-order valence-electron chi connectivity index (χ3n) is 4.76. The number of aryl methyl sites for hydroxylation is 1. The summed E-state index contributed by atoms with van der Waals surface area (Å²) in [5.74, 6) is 0.647. The lowest BCUT2D eigenvalue weighted by Crippen LogP contribution is -2.38. The quantitative estimate of drug-likeness (QED) is 0.925. The molecule has 0 aliphatic heterocycles. The van der Waals surface area contributed by atoms with Crippen LogP contribution in [-0.2, 0) is 19.8 Å². The molecule has 1 aromatic carbocycles. The summed E-state index contributed by atoms with van der Waals surface area (Å²) in [6.07, 6.45) is 0.926. The summed E-state index contributed by atoms with van der Waals surface area (Å²) in [5, 5.41) is 11.3. The van der Waals surface area contributed by atoms with Crippen LogP contribution in [0.5, 0.6) is 0 Å². The molecule has 1 aliphatic rings. The smallest absolute Gasteiger partial charge is 0.320 e. The van der Waals surface area contributed by atoms with Gasteiger partial charge in [-0.2, -0.15) is 13.2 Å². The van der Waals surface area contributed by atoms with E-state index in [2.05, 4.69) is 15.5 Å². The minimum atomic E-state index is -4.32. The maximum atomic E-state index is 13.4. The van der Waals surface area contributed by atoms with Crippen molar-refractivity contribution in [3.8, 4) is 0 Å². The number of aromatic nitrogens is 3. The minimum absolute atomic E-state index is 0.0129. The summed E-state index contributed by atoms with van der Waals surface area (Å²) in [6.45, 7) is 0.506. The van der Waals surface area contributed by atoms with Crippen LogP contribution in [-0.4, -0.2) is 20.8 Å². The minimum Gasteiger partial charge on any atom is -0.320 e. The Hall–Kier alpha value is -1.89. The molecule has 2 atom stereocenters. The first-order valence-electron chi connectivity index (χ1n) is 8.19. The van der Waals surface area contributed by atoms with E-state index >= 15 is 0 Å². The number of benzene rings is 1. The molecule has 0 spiro atoms. The van der Waals surface area contributed by atoms with Crippen molar-refractivity contribution in [1.29, 1.82) is 0 Å². The lowest BCUT2D eigenvalue weighted by Gasteiger charge is -2.34. The third kappa shape index (κ3) is 3.61. The average Bonchev–Trinajstić information content (AvgIpc) is 2.97. The van der Waals surface area contributed by atoms with Gasteiger partial charge in [0.2, 0.25) is 0 Å². The molecule has 0 bridgehead atoms. The van der Waals surface area contributed by atoms with Gasteiger partial charge < -0.3 is 9.88 Å². The van der Waals surface area contributed by atoms with Crippen molar-refractivity contribution >= 4 is 0 Å². The van der Waals surface area contributed by atoms with E-state index in [1.54, 1.807) is 18.5 Å². The first-order valence-corrected chi connectivity index (χ1v) is 8.19. The van der Waals surface area contributed by atoms with Crippen LogP contribution in [0, 0.1) is 0 Å². The molecule has 0 amide bonds. The molecule has 1 fully saturated rings. The Kier molecular flexibility index (Phi) is 4.89. The number of halogens is 3. The highest BCUT2D eigenvalue weighted by Gasteiger charge is 2.37. The Balaban J connectivity index is 1.81. The molecule has 1 aromatic heterocycles. The number of nitrogens with zero attached hydrogens (tertiary/aromatic N) is 3. The van der Waals surface area contributed by atoms with Crippen molar-refractivity contribution in [1.82, 2.24) is 20.1 Å². The van der Waals surface area contributed by atoms with E-state index in [4.69, 9.17) is 0 Å². The van der Waals surface area contributed by atoms with E-state index in [1.807, 2.05) is 11.6 Å². The summed E-state index contributed by atoms with van der Waals surface area (Å²) in [5.41, 5.74) is -0.109. The van der Waals surface area contributed by atoms with E-state index in [9.17, 15) is 13.2 Å². The zero-order valence-electron chi connectivity index (χ0n) is 13.6. The highest BCUT2D eigenvalue weighted by Crippen LogP contribution is 2.40. The van der Waals surface area contributed by atoms with Crippen molar-refractivity contribution in [3.63, 3.8) is 0 Å². The molecule has 3 rings (SSSR count). The summed E-state index contributed by atoms with van der Waals surface area (Å²) in [6, 6.07) is 5.97. The molecule has 4 nitrogen and oxygen atoms in total. The van der Waals surface area contributed by atoms with Crippen LogP contribution in [0.25, 0.3) is 0 Å². The van der Waals surface area contributed by atoms with Crippen LogP contribution < -0.4 is 5.32 Å². The average molecular weight is 338 g/mol. The number of rotatable bonds is 4. The first kappa shape index (κ1) is 17.0. The number of hydrogen-bond donors (Lipinski definition) is 1. The lowest BCUT2D eigenvalue weighted by molar-refractivity contribution is -0.138. The lowest BCUT2D eigenvalue weighted by atomic mass is 9.78. The normalized spacial score (nSPS) is 21.8. The molecule has 1 N–H and O–H groups in total. The van der Waals surface area contributed by atoms with Crippen LogP contribution in [0.3, 0.4) is 0 Å². The summed E-state index contributed by atoms with van der Waals surface area (Å²) in [7, 11) is 1.86. The zero-order chi connectivity index (χ0) is 17.2. The Bertz CT molecular complexity index is 680. The standard InChI is InChI=1S/C17H21F3N4/c1-24-11-22-23-16(24)10-21-15-9-5-3-7-13(15)12-6-2-4-8-14(12)17(18,19)20/h2,4,6,8,11,13,15,21H,3,5,7,9-10H2,1H3/t13-,15-/m0/s1. The molecule has 1 aliphatic carbocycles. The molecule has 0 radical (unpaired) electrons. The third-order valence-corrected chi connectivity index (χ3v) is 4.76. The number of nitrogens with one attached hydrogen (secondary N) is 1. The first-order chi connectivity index (χ1) is 11.5. The van der Waals surface area contributed by atoms with E-state index in [0.29, 0.717) is 12.1 Å². The van der Waals surface area contributed by atoms with Crippen LogP contribution in [0.2, 0.25) is 0 Å². The molecule has 0 saturated heterocycles. The number of hydrogen-bond acceptors (Lipinski definition) is 3. The summed E-state index contributed by atoms with van der Waals surface area (Å²) >= 11 is 0. The van der Waals surface area contributed by atoms with Gasteiger partial charge in [0.25, 0.3) is 0 Å². The second-order valence-corrected chi connectivity index (χ2v) is 6.32. The monoisotopic (exact) mass is 338 g/mol. The van der Waals surface area contributed by atoms with Gasteiger partial charge in [-0.15, -0.1) is 10.2 Å². The fourth-order valence-corrected chi connectivity index (χ4v) is 3.52. The van der Waals surface area contributed by atoms with Gasteiger partial charge in [0.1, 0.15) is 12.2 Å². The molecular formula is C17H21F3N4. The topological polar surface area (TPSA) is 42.7 Å². The Morgan fingerprint density at radius 1 is 1.21 bits per heavy atom. The van der Waals surface area contributed by atoms with Crippen LogP contribution in [0.15, 0.2) is 30.6 Å². The summed E-state index contributed by atoms with van der Waals surface area (Å²) < 4.78 is 41.9. The van der Waals surface area contributed by atoms with Crippen molar-refractivity contribution in [2.75, 3.05) is 0 Å². The summed E-state index contributed by atoms with van der Waals surface area (Å²) in [4.78, 5) is 0. The predicted molar refractivity (Wildman–Crippen MR) is 84.3 cm³/mol. The Morgan fingerprint density at radius 2 is 1.96 bits per heavy atom. The molecule has 7 heteroatoms.